The molecule has 14 heavy (non-hydrogen) atoms. The molecule has 1 aromatic carbocycles. The fourth-order valence-corrected chi connectivity index (χ4v) is 1.40. The van der Waals surface area contributed by atoms with Gasteiger partial charge in [-0.2, -0.15) is 0 Å². The number of hydrogen-bond acceptors (Lipinski definition) is 3. The second-order valence-electron chi connectivity index (χ2n) is 2.93. The van der Waals surface area contributed by atoms with Crippen molar-refractivity contribution < 1.29 is 9.90 Å². The zero-order valence-electron chi connectivity index (χ0n) is 7.27. The molecule has 3 N–H and O–H groups in total. The van der Waals surface area contributed by atoms with Crippen molar-refractivity contribution in [3.8, 4) is 0 Å². The van der Waals surface area contributed by atoms with Crippen LogP contribution in [-0.2, 0) is 0 Å². The summed E-state index contributed by atoms with van der Waals surface area (Å²) < 4.78 is 0. The average molecular weight is 188 g/mol. The lowest BCUT2D eigenvalue weighted by atomic mass is 10.1. The first-order valence-corrected chi connectivity index (χ1v) is 4.05. The van der Waals surface area contributed by atoms with Crippen LogP contribution < -0.4 is 5.73 Å². The predicted octanol–water partition coefficient (Wildman–Crippen LogP) is 1.52. The van der Waals surface area contributed by atoms with E-state index in [1.807, 2.05) is 0 Å². The Labute approximate surface area is 80.0 Å². The SMILES string of the molecule is Nc1ccc(C(=O)O)c2cnccc12. The highest BCUT2D eigenvalue weighted by Crippen LogP contribution is 2.23. The van der Waals surface area contributed by atoms with Crippen molar-refractivity contribution in [3.63, 3.8) is 0 Å². The van der Waals surface area contributed by atoms with Gasteiger partial charge in [0.25, 0.3) is 0 Å². The summed E-state index contributed by atoms with van der Waals surface area (Å²) in [7, 11) is 0. The van der Waals surface area contributed by atoms with Gasteiger partial charge in [-0.1, -0.05) is 0 Å². The molecule has 2 rings (SSSR count). The Morgan fingerprint density at radius 1 is 1.29 bits per heavy atom. The van der Waals surface area contributed by atoms with Gasteiger partial charge < -0.3 is 10.8 Å². The first-order chi connectivity index (χ1) is 6.70. The van der Waals surface area contributed by atoms with Crippen LogP contribution in [0.3, 0.4) is 0 Å². The van der Waals surface area contributed by atoms with Crippen molar-refractivity contribution in [1.82, 2.24) is 4.98 Å². The number of aromatic nitrogens is 1. The third-order valence-corrected chi connectivity index (χ3v) is 2.08. The van der Waals surface area contributed by atoms with Crippen LogP contribution in [0.4, 0.5) is 5.69 Å². The monoisotopic (exact) mass is 188 g/mol. The van der Waals surface area contributed by atoms with Crippen LogP contribution in [0.15, 0.2) is 30.6 Å². The number of carboxylic acid groups (broad SMARTS) is 1. The summed E-state index contributed by atoms with van der Waals surface area (Å²) in [4.78, 5) is 14.7. The smallest absolute Gasteiger partial charge is 0.336 e. The van der Waals surface area contributed by atoms with Gasteiger partial charge in [-0.15, -0.1) is 0 Å². The number of fused-ring (bicyclic) bond motifs is 1. The molecule has 70 valence electrons. The van der Waals surface area contributed by atoms with E-state index >= 15 is 0 Å². The van der Waals surface area contributed by atoms with Gasteiger partial charge in [0.1, 0.15) is 0 Å². The third-order valence-electron chi connectivity index (χ3n) is 2.08. The molecule has 0 bridgehead atoms. The highest BCUT2D eigenvalue weighted by Gasteiger charge is 2.09. The minimum Gasteiger partial charge on any atom is -0.478 e. The van der Waals surface area contributed by atoms with Crippen molar-refractivity contribution >= 4 is 22.4 Å². The number of rotatable bonds is 1. The molecule has 0 spiro atoms. The lowest BCUT2D eigenvalue weighted by Gasteiger charge is -2.03. The standard InChI is InChI=1S/C10H8N2O2/c11-9-2-1-7(10(13)14)8-5-12-4-3-6(8)9/h1-5H,11H2,(H,13,14). The van der Waals surface area contributed by atoms with Crippen LogP contribution in [0.2, 0.25) is 0 Å². The third kappa shape index (κ3) is 1.17. The molecule has 2 aromatic rings. The normalized spacial score (nSPS) is 10.3. The van der Waals surface area contributed by atoms with E-state index in [0.29, 0.717) is 11.1 Å². The molecule has 0 amide bonds. The first kappa shape index (κ1) is 8.50. The molecule has 1 heterocycles. The second kappa shape index (κ2) is 2.99. The Morgan fingerprint density at radius 2 is 2.07 bits per heavy atom. The van der Waals surface area contributed by atoms with Gasteiger partial charge in [0.2, 0.25) is 0 Å². The molecule has 0 aliphatic rings. The summed E-state index contributed by atoms with van der Waals surface area (Å²) in [5, 5.41) is 10.2. The lowest BCUT2D eigenvalue weighted by Crippen LogP contribution is -1.99. The van der Waals surface area contributed by atoms with Gasteiger partial charge in [0, 0.05) is 28.9 Å². The Morgan fingerprint density at radius 3 is 2.79 bits per heavy atom. The molecule has 0 fully saturated rings. The Bertz CT molecular complexity index is 508. The molecule has 0 saturated heterocycles. The number of benzene rings is 1. The van der Waals surface area contributed by atoms with Crippen LogP contribution in [0, 0.1) is 0 Å². The van der Waals surface area contributed by atoms with Gasteiger partial charge in [0.15, 0.2) is 0 Å². The average Bonchev–Trinajstić information content (AvgIpc) is 2.18. The van der Waals surface area contributed by atoms with Crippen LogP contribution >= 0.6 is 0 Å². The largest absolute Gasteiger partial charge is 0.478 e. The first-order valence-electron chi connectivity index (χ1n) is 4.05. The second-order valence-corrected chi connectivity index (χ2v) is 2.93. The van der Waals surface area contributed by atoms with Gasteiger partial charge in [-0.3, -0.25) is 4.98 Å². The van der Waals surface area contributed by atoms with Gasteiger partial charge >= 0.3 is 5.97 Å². The molecule has 0 saturated carbocycles. The summed E-state index contributed by atoms with van der Waals surface area (Å²) in [5.74, 6) is -0.969. The van der Waals surface area contributed by atoms with E-state index in [2.05, 4.69) is 4.98 Å². The van der Waals surface area contributed by atoms with E-state index in [0.717, 1.165) is 5.39 Å². The Hall–Kier alpha value is -2.10. The van der Waals surface area contributed by atoms with Crippen molar-refractivity contribution in [2.45, 2.75) is 0 Å². The molecule has 1 aromatic heterocycles. The summed E-state index contributed by atoms with van der Waals surface area (Å²) in [6.07, 6.45) is 3.10. The molecule has 0 aliphatic carbocycles. The zero-order chi connectivity index (χ0) is 10.1. The summed E-state index contributed by atoms with van der Waals surface area (Å²) in [6.45, 7) is 0. The number of hydrogen-bond donors (Lipinski definition) is 2. The molecule has 4 nitrogen and oxygen atoms in total. The number of nitrogen functional groups attached to an aromatic ring is 1. The number of nitrogens with two attached hydrogens (primary N) is 1. The number of carbonyl (C=O) groups is 1. The lowest BCUT2D eigenvalue weighted by molar-refractivity contribution is 0.0699. The summed E-state index contributed by atoms with van der Waals surface area (Å²) in [6, 6.07) is 4.78. The minimum absolute atomic E-state index is 0.224. The Balaban J connectivity index is 2.88. The van der Waals surface area contributed by atoms with E-state index in [1.54, 1.807) is 18.3 Å². The van der Waals surface area contributed by atoms with Crippen LogP contribution in [0.25, 0.3) is 10.8 Å². The number of anilines is 1. The van der Waals surface area contributed by atoms with Crippen LogP contribution in [-0.4, -0.2) is 16.1 Å². The highest BCUT2D eigenvalue weighted by atomic mass is 16.4. The van der Waals surface area contributed by atoms with Crippen molar-refractivity contribution in [2.24, 2.45) is 0 Å². The van der Waals surface area contributed by atoms with Crippen LogP contribution in [0.1, 0.15) is 10.4 Å². The van der Waals surface area contributed by atoms with Crippen molar-refractivity contribution in [2.75, 3.05) is 5.73 Å². The van der Waals surface area contributed by atoms with E-state index in [9.17, 15) is 4.79 Å². The summed E-state index contributed by atoms with van der Waals surface area (Å²) >= 11 is 0. The Kier molecular flexibility index (Phi) is 1.81. The number of pyridine rings is 1. The maximum absolute atomic E-state index is 10.9. The van der Waals surface area contributed by atoms with Gasteiger partial charge in [0.05, 0.1) is 5.56 Å². The molecule has 4 heteroatoms. The fraction of sp³-hybridized carbons (Fsp3) is 0. The molecule has 0 radical (unpaired) electrons. The maximum atomic E-state index is 10.9. The van der Waals surface area contributed by atoms with Crippen molar-refractivity contribution in [3.05, 3.63) is 36.2 Å². The minimum atomic E-state index is -0.969. The number of carboxylic acids is 1. The van der Waals surface area contributed by atoms with E-state index in [1.165, 1.54) is 12.3 Å². The number of aromatic carboxylic acids is 1. The van der Waals surface area contributed by atoms with E-state index in [-0.39, 0.29) is 5.56 Å². The maximum Gasteiger partial charge on any atom is 0.336 e. The van der Waals surface area contributed by atoms with Gasteiger partial charge in [-0.25, -0.2) is 4.79 Å². The highest BCUT2D eigenvalue weighted by molar-refractivity contribution is 6.06. The molecular formula is C10H8N2O2. The molecule has 0 unspecified atom stereocenters. The zero-order valence-corrected chi connectivity index (χ0v) is 7.27. The van der Waals surface area contributed by atoms with E-state index < -0.39 is 5.97 Å². The van der Waals surface area contributed by atoms with Crippen molar-refractivity contribution in [1.29, 1.82) is 0 Å². The van der Waals surface area contributed by atoms with E-state index in [4.69, 9.17) is 10.8 Å². The molecule has 0 aliphatic heterocycles. The number of nitrogens with zero attached hydrogens (tertiary/aromatic N) is 1. The van der Waals surface area contributed by atoms with Crippen LogP contribution in [0.5, 0.6) is 0 Å². The summed E-state index contributed by atoms with van der Waals surface area (Å²) in [5.41, 5.74) is 6.49. The quantitative estimate of drug-likeness (QED) is 0.665. The predicted molar refractivity (Wildman–Crippen MR) is 53.1 cm³/mol. The molecule has 0 atom stereocenters. The van der Waals surface area contributed by atoms with Gasteiger partial charge in [-0.05, 0) is 18.2 Å². The molecular weight excluding hydrogens is 180 g/mol. The topological polar surface area (TPSA) is 76.2 Å². The fourth-order valence-electron chi connectivity index (χ4n) is 1.40.